The zero-order chi connectivity index (χ0) is 46.4. The minimum absolute atomic E-state index is 0. The Labute approximate surface area is 406 Å². The molecule has 332 valence electrons. The minimum atomic E-state index is -1.53. The molecule has 0 aliphatic rings. The molecule has 0 amide bonds. The van der Waals surface area contributed by atoms with E-state index in [1.165, 1.54) is 22.3 Å². The van der Waals surface area contributed by atoms with Gasteiger partial charge in [0, 0.05) is 47.0 Å². The molecule has 0 spiro atoms. The van der Waals surface area contributed by atoms with Crippen molar-refractivity contribution >= 4 is 32.8 Å². The van der Waals surface area contributed by atoms with Crippen LogP contribution in [-0.4, -0.2) is 14.1 Å². The molecular formula is C60H54N4OPt-2. The molecule has 3 heterocycles. The number of ether oxygens (including phenoxy) is 1. The second-order valence-corrected chi connectivity index (χ2v) is 18.2. The Morgan fingerprint density at radius 1 is 0.591 bits per heavy atom. The summed E-state index contributed by atoms with van der Waals surface area (Å²) in [6, 6.07) is 62.0. The maximum absolute atomic E-state index is 8.83. The first-order valence-corrected chi connectivity index (χ1v) is 22.8. The molecule has 0 bridgehead atoms. The summed E-state index contributed by atoms with van der Waals surface area (Å²) in [5.41, 5.74) is 13.4. The summed E-state index contributed by atoms with van der Waals surface area (Å²) in [6.45, 7) is 12.9. The number of pyridine rings is 1. The first-order chi connectivity index (χ1) is 32.4. The number of aromatic nitrogens is 4. The Balaban J connectivity index is 0.00000578. The first-order valence-electron chi connectivity index (χ1n) is 23.8. The third-order valence-corrected chi connectivity index (χ3v) is 11.8. The van der Waals surface area contributed by atoms with Gasteiger partial charge in [-0.05, 0) is 105 Å². The minimum Gasteiger partial charge on any atom is -0.510 e. The number of para-hydroxylation sites is 4. The number of imidazole rings is 1. The van der Waals surface area contributed by atoms with Gasteiger partial charge in [-0.15, -0.1) is 29.7 Å². The van der Waals surface area contributed by atoms with E-state index in [0.29, 0.717) is 34.7 Å². The fraction of sp³-hybridized carbons (Fsp3) is 0.200. The Morgan fingerprint density at radius 2 is 1.23 bits per heavy atom. The van der Waals surface area contributed by atoms with Gasteiger partial charge in [0.1, 0.15) is 5.82 Å². The number of hydrogen-bond donors (Lipinski definition) is 0. The predicted octanol–water partition coefficient (Wildman–Crippen LogP) is 14.5. The molecule has 0 radical (unpaired) electrons. The van der Waals surface area contributed by atoms with E-state index in [9.17, 15) is 0 Å². The summed E-state index contributed by atoms with van der Waals surface area (Å²) in [5.74, 6) is 2.54. The van der Waals surface area contributed by atoms with Crippen LogP contribution in [0.15, 0.2) is 164 Å². The average Bonchev–Trinajstić information content (AvgIpc) is 3.87. The van der Waals surface area contributed by atoms with Crippen LogP contribution in [0.2, 0.25) is 0 Å². The predicted molar refractivity (Wildman–Crippen MR) is 266 cm³/mol. The van der Waals surface area contributed by atoms with Gasteiger partial charge in [-0.1, -0.05) is 156 Å². The molecule has 0 fully saturated rings. The zero-order valence-electron chi connectivity index (χ0n) is 40.2. The van der Waals surface area contributed by atoms with E-state index >= 15 is 0 Å². The summed E-state index contributed by atoms with van der Waals surface area (Å²) < 4.78 is 30.7. The van der Waals surface area contributed by atoms with Gasteiger partial charge in [0.15, 0.2) is 0 Å². The number of fused-ring (bicyclic) bond motifs is 4. The van der Waals surface area contributed by atoms with Gasteiger partial charge >= 0.3 is 0 Å². The third-order valence-electron chi connectivity index (χ3n) is 11.8. The van der Waals surface area contributed by atoms with Crippen molar-refractivity contribution in [3.05, 3.63) is 199 Å². The topological polar surface area (TPSA) is 35.9 Å². The van der Waals surface area contributed by atoms with Gasteiger partial charge in [0.25, 0.3) is 6.33 Å². The number of nitrogens with zero attached hydrogens (tertiary/aromatic N) is 4. The molecular weight excluding hydrogens is 988 g/mol. The van der Waals surface area contributed by atoms with Crippen LogP contribution >= 0.6 is 0 Å². The van der Waals surface area contributed by atoms with Crippen molar-refractivity contribution in [1.29, 1.82) is 0 Å². The summed E-state index contributed by atoms with van der Waals surface area (Å²) >= 11 is 0. The van der Waals surface area contributed by atoms with Crippen molar-refractivity contribution in [2.45, 2.75) is 60.8 Å². The van der Waals surface area contributed by atoms with Gasteiger partial charge in [0.05, 0.1) is 16.7 Å². The van der Waals surface area contributed by atoms with Crippen LogP contribution in [0.5, 0.6) is 11.5 Å². The molecule has 0 aliphatic heterocycles. The average molecular weight is 1040 g/mol. The van der Waals surface area contributed by atoms with Crippen molar-refractivity contribution in [1.82, 2.24) is 14.1 Å². The van der Waals surface area contributed by atoms with E-state index in [-0.39, 0.29) is 27.0 Å². The summed E-state index contributed by atoms with van der Waals surface area (Å²) in [7, 11) is 0. The van der Waals surface area contributed by atoms with Crippen molar-refractivity contribution in [3.63, 3.8) is 0 Å². The Bertz CT molecular complexity index is 3370. The van der Waals surface area contributed by atoms with E-state index in [1.807, 2.05) is 60.9 Å². The SMILES string of the molecule is [2H]C([2H])(c1ccnc(-n2c3[c-]c(Oc4[c-]c(-n5[c-][n+](-c6c(-c7cccc(CC(C)C)c7)cccc6-c6cccc(CC(C)C)c6)c6ccccc65)ccc4)ccc3c3ccccc32)c1)C(C)C.[Pt]. The Morgan fingerprint density at radius 3 is 1.92 bits per heavy atom. The largest absolute Gasteiger partial charge is 0.510 e. The molecule has 3 aromatic heterocycles. The molecule has 6 heteroatoms. The molecule has 7 aromatic carbocycles. The molecule has 0 saturated carbocycles. The molecule has 10 aromatic rings. The van der Waals surface area contributed by atoms with Crippen LogP contribution in [0, 0.1) is 36.2 Å². The maximum atomic E-state index is 8.83. The first kappa shape index (κ1) is 42.1. The van der Waals surface area contributed by atoms with E-state index < -0.39 is 6.37 Å². The number of hydrogen-bond acceptors (Lipinski definition) is 2. The van der Waals surface area contributed by atoms with Gasteiger partial charge < -0.3 is 13.9 Å². The quantitative estimate of drug-likeness (QED) is 0.0852. The van der Waals surface area contributed by atoms with Crippen molar-refractivity contribution in [2.75, 3.05) is 0 Å². The van der Waals surface area contributed by atoms with Gasteiger partial charge in [-0.3, -0.25) is 4.57 Å². The Kier molecular flexibility index (Phi) is 12.2. The van der Waals surface area contributed by atoms with E-state index in [1.54, 1.807) is 12.3 Å². The maximum Gasteiger partial charge on any atom is 0.268 e. The van der Waals surface area contributed by atoms with Crippen LogP contribution in [-0.2, 0) is 40.3 Å². The second-order valence-electron chi connectivity index (χ2n) is 18.2. The van der Waals surface area contributed by atoms with Crippen LogP contribution in [0.3, 0.4) is 0 Å². The number of benzene rings is 7. The zero-order valence-corrected chi connectivity index (χ0v) is 40.5. The second kappa shape index (κ2) is 19.1. The monoisotopic (exact) mass is 1040 g/mol. The van der Waals surface area contributed by atoms with Crippen molar-refractivity contribution in [3.8, 4) is 50.9 Å². The summed E-state index contributed by atoms with van der Waals surface area (Å²) in [5, 5.41) is 2.04. The molecule has 10 rings (SSSR count). The fourth-order valence-corrected chi connectivity index (χ4v) is 9.21. The van der Waals surface area contributed by atoms with E-state index in [4.69, 9.17) is 12.5 Å². The van der Waals surface area contributed by atoms with Crippen LogP contribution < -0.4 is 9.30 Å². The molecule has 0 N–H and O–H groups in total. The normalized spacial score (nSPS) is 12.3. The molecule has 0 aliphatic carbocycles. The van der Waals surface area contributed by atoms with E-state index in [0.717, 1.165) is 68.2 Å². The van der Waals surface area contributed by atoms with Crippen LogP contribution in [0.4, 0.5) is 0 Å². The molecule has 0 atom stereocenters. The van der Waals surface area contributed by atoms with Crippen LogP contribution in [0.25, 0.3) is 72.3 Å². The number of rotatable bonds is 13. The molecule has 66 heavy (non-hydrogen) atoms. The van der Waals surface area contributed by atoms with Crippen molar-refractivity contribution in [2.24, 2.45) is 17.8 Å². The van der Waals surface area contributed by atoms with Gasteiger partial charge in [0.2, 0.25) is 0 Å². The standard InChI is InChI=1S/C60H54N4O.Pt/c1-40(2)31-43-15-11-17-46(34-43)51-22-14-23-52(47-18-12-16-44(35-47)32-41(3)4)60(51)63-39-62(56-25-9-10-26-57(56)63)48-19-13-20-49(37-48)65-50-27-28-54-53-21-7-8-24-55(53)64(58(54)38-50)59-36-45(29-30-61-59)33-42(5)6;/h7-30,34-36,40-42H,31-33H2,1-6H3;/q-2;/i33D2;. The Hall–Kier alpha value is -6.55. The van der Waals surface area contributed by atoms with Crippen LogP contribution in [0.1, 0.15) is 61.0 Å². The summed E-state index contributed by atoms with van der Waals surface area (Å²) in [6.07, 6.45) is 5.99. The third kappa shape index (κ3) is 9.02. The fourth-order valence-electron chi connectivity index (χ4n) is 9.21. The van der Waals surface area contributed by atoms with Gasteiger partial charge in [-0.25, -0.2) is 4.98 Å². The van der Waals surface area contributed by atoms with E-state index in [2.05, 4.69) is 164 Å². The molecule has 0 unspecified atom stereocenters. The summed E-state index contributed by atoms with van der Waals surface area (Å²) in [4.78, 5) is 4.76. The molecule has 5 nitrogen and oxygen atoms in total. The van der Waals surface area contributed by atoms with Crippen molar-refractivity contribution < 1.29 is 33.1 Å². The van der Waals surface area contributed by atoms with Gasteiger partial charge in [-0.2, -0.15) is 18.2 Å². The molecule has 0 saturated heterocycles. The smallest absolute Gasteiger partial charge is 0.268 e.